The second-order valence-corrected chi connectivity index (χ2v) is 5.66. The maximum atomic E-state index is 12.7. The number of anilines is 1. The van der Waals surface area contributed by atoms with Crippen molar-refractivity contribution in [2.45, 2.75) is 38.3 Å². The third-order valence-corrected chi connectivity index (χ3v) is 4.13. The van der Waals surface area contributed by atoms with Gasteiger partial charge in [-0.15, -0.1) is 0 Å². The van der Waals surface area contributed by atoms with E-state index in [9.17, 15) is 4.79 Å². The Morgan fingerprint density at radius 1 is 1.39 bits per heavy atom. The maximum Gasteiger partial charge on any atom is 0.322 e. The summed E-state index contributed by atoms with van der Waals surface area (Å²) in [6, 6.07) is 7.37. The van der Waals surface area contributed by atoms with E-state index < -0.39 is 0 Å². The van der Waals surface area contributed by atoms with Crippen molar-refractivity contribution in [2.24, 2.45) is 0 Å². The molecule has 122 valence electrons. The number of methoxy groups -OCH3 is 1. The van der Waals surface area contributed by atoms with Crippen LogP contribution in [0.15, 0.2) is 41.1 Å². The Labute approximate surface area is 135 Å². The van der Waals surface area contributed by atoms with Crippen LogP contribution in [-0.4, -0.2) is 29.1 Å². The van der Waals surface area contributed by atoms with Gasteiger partial charge in [-0.2, -0.15) is 0 Å². The van der Waals surface area contributed by atoms with Crippen LogP contribution < -0.4 is 10.1 Å². The van der Waals surface area contributed by atoms with Crippen LogP contribution in [0, 0.1) is 0 Å². The highest BCUT2D eigenvalue weighted by Gasteiger charge is 2.27. The van der Waals surface area contributed by atoms with Crippen molar-refractivity contribution in [1.29, 1.82) is 0 Å². The van der Waals surface area contributed by atoms with Gasteiger partial charge in [-0.05, 0) is 31.0 Å². The first kappa shape index (κ1) is 15.4. The monoisotopic (exact) mass is 315 g/mol. The fraction of sp³-hybridized carbons (Fsp3) is 0.412. The third kappa shape index (κ3) is 3.83. The summed E-state index contributed by atoms with van der Waals surface area (Å²) >= 11 is 0. The summed E-state index contributed by atoms with van der Waals surface area (Å²) in [5.41, 5.74) is 0.651. The van der Waals surface area contributed by atoms with E-state index in [1.54, 1.807) is 31.7 Å². The van der Waals surface area contributed by atoms with Gasteiger partial charge in [0.1, 0.15) is 5.76 Å². The summed E-state index contributed by atoms with van der Waals surface area (Å²) in [6.07, 6.45) is 7.63. The summed E-state index contributed by atoms with van der Waals surface area (Å²) in [5, 5.41) is 2.91. The van der Waals surface area contributed by atoms with Gasteiger partial charge < -0.3 is 19.4 Å². The second kappa shape index (κ2) is 7.17. The normalized spacial score (nSPS) is 14.7. The molecular formula is C17H21N3O3. The Balaban J connectivity index is 1.70. The maximum absolute atomic E-state index is 12.7. The van der Waals surface area contributed by atoms with E-state index >= 15 is 0 Å². The number of hydrogen-bond donors (Lipinski definition) is 1. The number of furan rings is 1. The molecule has 2 aromatic heterocycles. The highest BCUT2D eigenvalue weighted by molar-refractivity contribution is 5.89. The molecule has 2 amide bonds. The van der Waals surface area contributed by atoms with E-state index in [-0.39, 0.29) is 12.1 Å². The molecule has 23 heavy (non-hydrogen) atoms. The molecule has 0 radical (unpaired) electrons. The number of pyridine rings is 1. The van der Waals surface area contributed by atoms with Gasteiger partial charge in [0.25, 0.3) is 0 Å². The van der Waals surface area contributed by atoms with Gasteiger partial charge in [0.2, 0.25) is 5.88 Å². The lowest BCUT2D eigenvalue weighted by atomic mass is 10.2. The van der Waals surface area contributed by atoms with Crippen molar-refractivity contribution in [3.8, 4) is 5.88 Å². The van der Waals surface area contributed by atoms with E-state index in [4.69, 9.17) is 9.15 Å². The Bertz CT molecular complexity index is 619. The topological polar surface area (TPSA) is 67.6 Å². The number of nitrogens with one attached hydrogen (secondary N) is 1. The van der Waals surface area contributed by atoms with Crippen molar-refractivity contribution in [3.63, 3.8) is 0 Å². The van der Waals surface area contributed by atoms with Crippen LogP contribution in [0.3, 0.4) is 0 Å². The summed E-state index contributed by atoms with van der Waals surface area (Å²) in [5.74, 6) is 1.31. The van der Waals surface area contributed by atoms with E-state index in [1.807, 2.05) is 17.0 Å². The van der Waals surface area contributed by atoms with Crippen molar-refractivity contribution in [2.75, 3.05) is 12.4 Å². The Hall–Kier alpha value is -2.50. The zero-order valence-electron chi connectivity index (χ0n) is 13.2. The first-order valence-electron chi connectivity index (χ1n) is 7.86. The number of rotatable bonds is 5. The van der Waals surface area contributed by atoms with Crippen LogP contribution in [0.1, 0.15) is 31.4 Å². The van der Waals surface area contributed by atoms with E-state index in [0.29, 0.717) is 18.1 Å². The SMILES string of the molecule is COc1ccc(NC(=O)N(Cc2ccco2)C2CCCC2)cn1. The molecule has 0 bridgehead atoms. The minimum atomic E-state index is -0.125. The van der Waals surface area contributed by atoms with Crippen LogP contribution in [0.2, 0.25) is 0 Å². The number of amides is 2. The number of hydrogen-bond acceptors (Lipinski definition) is 4. The zero-order valence-corrected chi connectivity index (χ0v) is 13.2. The highest BCUT2D eigenvalue weighted by Crippen LogP contribution is 2.26. The number of aromatic nitrogens is 1. The molecule has 0 unspecified atom stereocenters. The molecule has 0 saturated heterocycles. The van der Waals surface area contributed by atoms with Crippen LogP contribution in [0.5, 0.6) is 5.88 Å². The molecule has 1 fully saturated rings. The Morgan fingerprint density at radius 2 is 2.22 bits per heavy atom. The number of nitrogens with zero attached hydrogens (tertiary/aromatic N) is 2. The predicted octanol–water partition coefficient (Wildman–Crippen LogP) is 3.66. The molecule has 0 aromatic carbocycles. The smallest absolute Gasteiger partial charge is 0.322 e. The molecular weight excluding hydrogens is 294 g/mol. The molecule has 0 atom stereocenters. The van der Waals surface area contributed by atoms with Crippen LogP contribution in [0.4, 0.5) is 10.5 Å². The molecule has 0 aliphatic heterocycles. The number of carbonyl (C=O) groups is 1. The molecule has 0 spiro atoms. The van der Waals surface area contributed by atoms with E-state index in [1.165, 1.54) is 0 Å². The van der Waals surface area contributed by atoms with Gasteiger partial charge in [0.05, 0.1) is 31.8 Å². The fourth-order valence-corrected chi connectivity index (χ4v) is 2.92. The van der Waals surface area contributed by atoms with Gasteiger partial charge >= 0.3 is 6.03 Å². The van der Waals surface area contributed by atoms with Crippen LogP contribution in [-0.2, 0) is 6.54 Å². The first-order valence-corrected chi connectivity index (χ1v) is 7.86. The van der Waals surface area contributed by atoms with Gasteiger partial charge in [-0.1, -0.05) is 12.8 Å². The van der Waals surface area contributed by atoms with Gasteiger partial charge in [0, 0.05) is 12.1 Å². The average molecular weight is 315 g/mol. The molecule has 1 saturated carbocycles. The van der Waals surface area contributed by atoms with Gasteiger partial charge in [0.15, 0.2) is 0 Å². The van der Waals surface area contributed by atoms with Crippen molar-refractivity contribution < 1.29 is 13.9 Å². The molecule has 6 nitrogen and oxygen atoms in total. The van der Waals surface area contributed by atoms with Crippen LogP contribution >= 0.6 is 0 Å². The van der Waals surface area contributed by atoms with Crippen molar-refractivity contribution >= 4 is 11.7 Å². The Morgan fingerprint density at radius 3 is 2.83 bits per heavy atom. The van der Waals surface area contributed by atoms with Crippen molar-refractivity contribution in [3.05, 3.63) is 42.5 Å². The number of carbonyl (C=O) groups excluding carboxylic acids is 1. The van der Waals surface area contributed by atoms with Gasteiger partial charge in [-0.25, -0.2) is 9.78 Å². The number of urea groups is 1. The standard InChI is InChI=1S/C17H21N3O3/c1-22-16-9-8-13(11-18-16)19-17(21)20(14-5-2-3-6-14)12-15-7-4-10-23-15/h4,7-11,14H,2-3,5-6,12H2,1H3,(H,19,21). The zero-order chi connectivity index (χ0) is 16.1. The molecule has 2 heterocycles. The highest BCUT2D eigenvalue weighted by atomic mass is 16.5. The first-order chi connectivity index (χ1) is 11.3. The lowest BCUT2D eigenvalue weighted by Crippen LogP contribution is -2.41. The summed E-state index contributed by atoms with van der Waals surface area (Å²) in [4.78, 5) is 18.7. The minimum absolute atomic E-state index is 0.125. The lowest BCUT2D eigenvalue weighted by Gasteiger charge is -2.28. The quantitative estimate of drug-likeness (QED) is 0.914. The molecule has 1 aliphatic rings. The van der Waals surface area contributed by atoms with Crippen LogP contribution in [0.25, 0.3) is 0 Å². The largest absolute Gasteiger partial charge is 0.481 e. The minimum Gasteiger partial charge on any atom is -0.481 e. The summed E-state index contributed by atoms with van der Waals surface area (Å²) < 4.78 is 10.4. The molecule has 3 rings (SSSR count). The average Bonchev–Trinajstić information content (AvgIpc) is 3.27. The Kier molecular flexibility index (Phi) is 4.80. The number of ether oxygens (including phenoxy) is 1. The second-order valence-electron chi connectivity index (χ2n) is 5.66. The third-order valence-electron chi connectivity index (χ3n) is 4.13. The van der Waals surface area contributed by atoms with Gasteiger partial charge in [-0.3, -0.25) is 0 Å². The molecule has 2 aromatic rings. The fourth-order valence-electron chi connectivity index (χ4n) is 2.92. The predicted molar refractivity (Wildman–Crippen MR) is 86.3 cm³/mol. The van der Waals surface area contributed by atoms with E-state index in [2.05, 4.69) is 10.3 Å². The summed E-state index contributed by atoms with van der Waals surface area (Å²) in [6.45, 7) is 0.479. The molecule has 1 aliphatic carbocycles. The van der Waals surface area contributed by atoms with Crippen molar-refractivity contribution in [1.82, 2.24) is 9.88 Å². The molecule has 6 heteroatoms. The molecule has 1 N–H and O–H groups in total. The lowest BCUT2D eigenvalue weighted by molar-refractivity contribution is 0.178. The summed E-state index contributed by atoms with van der Waals surface area (Å²) in [7, 11) is 1.56. The van der Waals surface area contributed by atoms with E-state index in [0.717, 1.165) is 31.4 Å².